The van der Waals surface area contributed by atoms with Crippen LogP contribution in [0.5, 0.6) is 0 Å². The van der Waals surface area contributed by atoms with E-state index < -0.39 is 0 Å². The van der Waals surface area contributed by atoms with Gasteiger partial charge in [0.05, 0.1) is 0 Å². The molecule has 20 heavy (non-hydrogen) atoms. The normalized spacial score (nSPS) is 27.3. The summed E-state index contributed by atoms with van der Waals surface area (Å²) >= 11 is 0. The van der Waals surface area contributed by atoms with E-state index >= 15 is 0 Å². The Morgan fingerprint density at radius 3 is 2.60 bits per heavy atom. The smallest absolute Gasteiger partial charge is 0.0131 e. The van der Waals surface area contributed by atoms with Crippen molar-refractivity contribution < 1.29 is 0 Å². The van der Waals surface area contributed by atoms with Crippen molar-refractivity contribution in [3.05, 3.63) is 47.5 Å². The minimum atomic E-state index is 0.677. The standard InChI is InChI=1S/C20H26/c1-5-13(2)19-12-14(3)15(4)20-17-9-7-6-8-16(17)10-11-18(19)20/h6-11,13-15,19H,5,12H2,1-4H3. The third-order valence-electron chi connectivity index (χ3n) is 5.67. The molecule has 0 saturated heterocycles. The minimum Gasteiger partial charge on any atom is -0.0651 e. The lowest BCUT2D eigenvalue weighted by Gasteiger charge is -2.38. The second kappa shape index (κ2) is 5.24. The summed E-state index contributed by atoms with van der Waals surface area (Å²) in [4.78, 5) is 0. The molecule has 106 valence electrons. The molecule has 0 amide bonds. The summed E-state index contributed by atoms with van der Waals surface area (Å²) in [6.07, 6.45) is 2.62. The van der Waals surface area contributed by atoms with E-state index in [9.17, 15) is 0 Å². The lowest BCUT2D eigenvalue weighted by molar-refractivity contribution is 0.312. The molecule has 4 atom stereocenters. The van der Waals surface area contributed by atoms with Gasteiger partial charge in [0.2, 0.25) is 0 Å². The van der Waals surface area contributed by atoms with Crippen molar-refractivity contribution in [3.63, 3.8) is 0 Å². The maximum absolute atomic E-state index is 2.44. The van der Waals surface area contributed by atoms with Crippen molar-refractivity contribution in [1.29, 1.82) is 0 Å². The highest BCUT2D eigenvalue weighted by molar-refractivity contribution is 5.87. The van der Waals surface area contributed by atoms with Crippen molar-refractivity contribution >= 4 is 10.8 Å². The molecule has 2 aromatic rings. The van der Waals surface area contributed by atoms with Crippen molar-refractivity contribution in [2.24, 2.45) is 11.8 Å². The average molecular weight is 266 g/mol. The van der Waals surface area contributed by atoms with Crippen LogP contribution >= 0.6 is 0 Å². The summed E-state index contributed by atoms with van der Waals surface area (Å²) in [6.45, 7) is 9.61. The van der Waals surface area contributed by atoms with E-state index in [1.54, 1.807) is 11.1 Å². The first-order chi connectivity index (χ1) is 9.63. The molecule has 0 heteroatoms. The van der Waals surface area contributed by atoms with E-state index in [-0.39, 0.29) is 0 Å². The summed E-state index contributed by atoms with van der Waals surface area (Å²) in [7, 11) is 0. The van der Waals surface area contributed by atoms with Crippen LogP contribution in [0.3, 0.4) is 0 Å². The average Bonchev–Trinajstić information content (AvgIpc) is 2.49. The Bertz CT molecular complexity index is 610. The summed E-state index contributed by atoms with van der Waals surface area (Å²) in [5.74, 6) is 2.99. The highest BCUT2D eigenvalue weighted by Crippen LogP contribution is 2.48. The Hall–Kier alpha value is -1.30. The van der Waals surface area contributed by atoms with Crippen LogP contribution in [0, 0.1) is 11.8 Å². The Morgan fingerprint density at radius 2 is 1.85 bits per heavy atom. The molecular formula is C20H26. The zero-order chi connectivity index (χ0) is 14.3. The SMILES string of the molecule is CCC(C)C1CC(C)C(C)c2c1ccc1ccccc21. The quantitative estimate of drug-likeness (QED) is 0.615. The van der Waals surface area contributed by atoms with Crippen LogP contribution < -0.4 is 0 Å². The Morgan fingerprint density at radius 1 is 1.10 bits per heavy atom. The van der Waals surface area contributed by atoms with Gasteiger partial charge in [0.15, 0.2) is 0 Å². The van der Waals surface area contributed by atoms with Crippen molar-refractivity contribution in [3.8, 4) is 0 Å². The predicted octanol–water partition coefficient (Wildman–Crippen LogP) is 6.11. The van der Waals surface area contributed by atoms with Gasteiger partial charge in [0.25, 0.3) is 0 Å². The lowest BCUT2D eigenvalue weighted by Crippen LogP contribution is -2.24. The zero-order valence-corrected chi connectivity index (χ0v) is 13.2. The monoisotopic (exact) mass is 266 g/mol. The Balaban J connectivity index is 2.23. The van der Waals surface area contributed by atoms with E-state index in [4.69, 9.17) is 0 Å². The molecule has 0 bridgehead atoms. The predicted molar refractivity (Wildman–Crippen MR) is 88.3 cm³/mol. The Kier molecular flexibility index (Phi) is 3.58. The van der Waals surface area contributed by atoms with Gasteiger partial charge in [-0.15, -0.1) is 0 Å². The molecule has 4 unspecified atom stereocenters. The maximum atomic E-state index is 2.44. The fraction of sp³-hybridized carbons (Fsp3) is 0.500. The molecule has 0 spiro atoms. The molecule has 0 nitrogen and oxygen atoms in total. The first-order valence-electron chi connectivity index (χ1n) is 8.15. The number of hydrogen-bond donors (Lipinski definition) is 0. The van der Waals surface area contributed by atoms with Crippen LogP contribution in [0.25, 0.3) is 10.8 Å². The van der Waals surface area contributed by atoms with E-state index in [0.717, 1.165) is 17.8 Å². The summed E-state index contributed by atoms with van der Waals surface area (Å²) in [5, 5.41) is 2.88. The molecule has 0 aliphatic heterocycles. The first kappa shape index (κ1) is 13.7. The van der Waals surface area contributed by atoms with Gasteiger partial charge in [-0.2, -0.15) is 0 Å². The van der Waals surface area contributed by atoms with Crippen LogP contribution in [0.15, 0.2) is 36.4 Å². The number of hydrogen-bond acceptors (Lipinski definition) is 0. The molecule has 2 aromatic carbocycles. The minimum absolute atomic E-state index is 0.677. The molecule has 1 aliphatic rings. The molecule has 0 aromatic heterocycles. The fourth-order valence-corrected chi connectivity index (χ4v) is 3.98. The summed E-state index contributed by atoms with van der Waals surface area (Å²) in [5.41, 5.74) is 3.26. The molecule has 0 saturated carbocycles. The Labute approximate surface area is 123 Å². The van der Waals surface area contributed by atoms with Crippen LogP contribution in [0.4, 0.5) is 0 Å². The molecule has 0 N–H and O–H groups in total. The van der Waals surface area contributed by atoms with Crippen LogP contribution in [0.1, 0.15) is 63.5 Å². The topological polar surface area (TPSA) is 0 Å². The van der Waals surface area contributed by atoms with Gasteiger partial charge in [-0.05, 0) is 52.0 Å². The van der Waals surface area contributed by atoms with Crippen molar-refractivity contribution in [2.45, 2.75) is 52.4 Å². The molecule has 0 fully saturated rings. The maximum Gasteiger partial charge on any atom is -0.0131 e. The fourth-order valence-electron chi connectivity index (χ4n) is 3.98. The molecular weight excluding hydrogens is 240 g/mol. The number of rotatable bonds is 2. The van der Waals surface area contributed by atoms with E-state index in [1.807, 2.05) is 0 Å². The molecule has 0 radical (unpaired) electrons. The van der Waals surface area contributed by atoms with Gasteiger partial charge < -0.3 is 0 Å². The first-order valence-corrected chi connectivity index (χ1v) is 8.15. The molecule has 3 rings (SSSR count). The second-order valence-electron chi connectivity index (χ2n) is 6.78. The largest absolute Gasteiger partial charge is 0.0651 e. The van der Waals surface area contributed by atoms with Gasteiger partial charge in [-0.1, -0.05) is 70.5 Å². The van der Waals surface area contributed by atoms with Crippen molar-refractivity contribution in [1.82, 2.24) is 0 Å². The number of fused-ring (bicyclic) bond motifs is 3. The lowest BCUT2D eigenvalue weighted by atomic mass is 9.66. The summed E-state index contributed by atoms with van der Waals surface area (Å²) in [6, 6.07) is 13.6. The summed E-state index contributed by atoms with van der Waals surface area (Å²) < 4.78 is 0. The third kappa shape index (κ3) is 2.06. The van der Waals surface area contributed by atoms with E-state index in [2.05, 4.69) is 64.1 Å². The highest BCUT2D eigenvalue weighted by Gasteiger charge is 2.33. The second-order valence-corrected chi connectivity index (χ2v) is 6.78. The van der Waals surface area contributed by atoms with Crippen LogP contribution in [0.2, 0.25) is 0 Å². The van der Waals surface area contributed by atoms with Gasteiger partial charge in [0.1, 0.15) is 0 Å². The van der Waals surface area contributed by atoms with E-state index in [0.29, 0.717) is 5.92 Å². The van der Waals surface area contributed by atoms with Crippen molar-refractivity contribution in [2.75, 3.05) is 0 Å². The van der Waals surface area contributed by atoms with Gasteiger partial charge in [0, 0.05) is 0 Å². The van der Waals surface area contributed by atoms with Crippen LogP contribution in [-0.4, -0.2) is 0 Å². The third-order valence-corrected chi connectivity index (χ3v) is 5.67. The van der Waals surface area contributed by atoms with Gasteiger partial charge in [-0.25, -0.2) is 0 Å². The highest BCUT2D eigenvalue weighted by atomic mass is 14.4. The van der Waals surface area contributed by atoms with Gasteiger partial charge in [-0.3, -0.25) is 0 Å². The van der Waals surface area contributed by atoms with E-state index in [1.165, 1.54) is 23.6 Å². The van der Waals surface area contributed by atoms with Gasteiger partial charge >= 0.3 is 0 Å². The molecule has 0 heterocycles. The number of benzene rings is 2. The zero-order valence-electron chi connectivity index (χ0n) is 13.2. The van der Waals surface area contributed by atoms with Crippen LogP contribution in [-0.2, 0) is 0 Å². The molecule has 1 aliphatic carbocycles.